The summed E-state index contributed by atoms with van der Waals surface area (Å²) >= 11 is 12.0. The van der Waals surface area contributed by atoms with E-state index in [0.29, 0.717) is 35.3 Å². The Morgan fingerprint density at radius 2 is 1.93 bits per heavy atom. The fourth-order valence-corrected chi connectivity index (χ4v) is 3.55. The lowest BCUT2D eigenvalue weighted by Crippen LogP contribution is -2.31. The summed E-state index contributed by atoms with van der Waals surface area (Å²) in [6.07, 6.45) is 1.43. The van der Waals surface area contributed by atoms with E-state index in [9.17, 15) is 9.59 Å². The lowest BCUT2D eigenvalue weighted by Gasteiger charge is -2.19. The summed E-state index contributed by atoms with van der Waals surface area (Å²) in [6, 6.07) is 12.4. The van der Waals surface area contributed by atoms with E-state index in [1.807, 2.05) is 12.1 Å². The van der Waals surface area contributed by atoms with Crippen molar-refractivity contribution < 1.29 is 14.3 Å². The molecule has 3 rings (SSSR count). The Morgan fingerprint density at radius 1 is 1.19 bits per heavy atom. The van der Waals surface area contributed by atoms with Gasteiger partial charge >= 0.3 is 0 Å². The third-order valence-electron chi connectivity index (χ3n) is 4.33. The third-order valence-corrected chi connectivity index (χ3v) is 4.77. The highest BCUT2D eigenvalue weighted by atomic mass is 35.5. The summed E-state index contributed by atoms with van der Waals surface area (Å²) in [5.74, 6) is 0.497. The molecule has 0 saturated carbocycles. The molecule has 0 unspecified atom stereocenters. The number of benzene rings is 2. The average molecular weight is 407 g/mol. The van der Waals surface area contributed by atoms with Crippen molar-refractivity contribution in [2.24, 2.45) is 0 Å². The number of ether oxygens (including phenoxy) is 1. The van der Waals surface area contributed by atoms with Gasteiger partial charge in [0.15, 0.2) is 6.61 Å². The molecule has 1 aliphatic rings. The van der Waals surface area contributed by atoms with Crippen molar-refractivity contribution in [3.8, 4) is 5.75 Å². The molecule has 0 aliphatic carbocycles. The maximum absolute atomic E-state index is 12.4. The van der Waals surface area contributed by atoms with Crippen LogP contribution in [-0.4, -0.2) is 36.9 Å². The Hall–Kier alpha value is -2.24. The fourth-order valence-electron chi connectivity index (χ4n) is 2.98. The molecule has 0 radical (unpaired) electrons. The first-order chi connectivity index (χ1) is 12.9. The van der Waals surface area contributed by atoms with Crippen LogP contribution in [0.4, 0.5) is 5.69 Å². The van der Waals surface area contributed by atoms with Crippen molar-refractivity contribution in [1.82, 2.24) is 4.90 Å². The quantitative estimate of drug-likeness (QED) is 0.723. The van der Waals surface area contributed by atoms with Crippen molar-refractivity contribution in [2.75, 3.05) is 25.1 Å². The Morgan fingerprint density at radius 3 is 2.59 bits per heavy atom. The van der Waals surface area contributed by atoms with Gasteiger partial charge in [-0.15, -0.1) is 0 Å². The molecule has 142 valence electrons. The number of hydrogen-bond acceptors (Lipinski definition) is 3. The standard InChI is InChI=1S/C20H20Cl2N2O3/c1-23(12-14-8-15(21)10-16(22)9-14)20(26)13-27-18-5-2-4-17(11-18)24-7-3-6-19(24)25/h2,4-5,8-11H,3,6-7,12-13H2,1H3. The zero-order chi connectivity index (χ0) is 19.4. The van der Waals surface area contributed by atoms with Gasteiger partial charge < -0.3 is 14.5 Å². The van der Waals surface area contributed by atoms with E-state index in [1.165, 1.54) is 0 Å². The van der Waals surface area contributed by atoms with Crippen LogP contribution in [0.3, 0.4) is 0 Å². The molecule has 2 amide bonds. The van der Waals surface area contributed by atoms with Gasteiger partial charge in [0.05, 0.1) is 0 Å². The number of anilines is 1. The highest BCUT2D eigenvalue weighted by Crippen LogP contribution is 2.25. The normalized spacial score (nSPS) is 13.7. The number of carbonyl (C=O) groups excluding carboxylic acids is 2. The monoisotopic (exact) mass is 406 g/mol. The highest BCUT2D eigenvalue weighted by molar-refractivity contribution is 6.34. The summed E-state index contributed by atoms with van der Waals surface area (Å²) in [7, 11) is 1.69. The van der Waals surface area contributed by atoms with E-state index in [2.05, 4.69) is 0 Å². The predicted octanol–water partition coefficient (Wildman–Crippen LogP) is 4.16. The van der Waals surface area contributed by atoms with Crippen molar-refractivity contribution in [1.29, 1.82) is 0 Å². The molecule has 2 aromatic rings. The van der Waals surface area contributed by atoms with Gasteiger partial charge in [-0.2, -0.15) is 0 Å². The molecule has 0 atom stereocenters. The summed E-state index contributed by atoms with van der Waals surface area (Å²) < 4.78 is 5.63. The first-order valence-corrected chi connectivity index (χ1v) is 9.40. The molecule has 1 fully saturated rings. The average Bonchev–Trinajstić information content (AvgIpc) is 3.05. The number of carbonyl (C=O) groups is 2. The number of amides is 2. The zero-order valence-corrected chi connectivity index (χ0v) is 16.5. The number of halogens is 2. The van der Waals surface area contributed by atoms with Gasteiger partial charge in [-0.1, -0.05) is 29.3 Å². The maximum Gasteiger partial charge on any atom is 0.260 e. The van der Waals surface area contributed by atoms with E-state index in [-0.39, 0.29) is 18.4 Å². The van der Waals surface area contributed by atoms with Crippen molar-refractivity contribution in [3.05, 3.63) is 58.1 Å². The number of likely N-dealkylation sites (N-methyl/N-ethyl adjacent to an activating group) is 1. The van der Waals surface area contributed by atoms with Crippen molar-refractivity contribution in [3.63, 3.8) is 0 Å². The van der Waals surface area contributed by atoms with Crippen LogP contribution in [0.2, 0.25) is 10.0 Å². The van der Waals surface area contributed by atoms with Crippen LogP contribution in [-0.2, 0) is 16.1 Å². The maximum atomic E-state index is 12.4. The molecule has 1 heterocycles. The van der Waals surface area contributed by atoms with Gasteiger partial charge in [0, 0.05) is 48.4 Å². The second-order valence-corrected chi connectivity index (χ2v) is 7.34. The summed E-state index contributed by atoms with van der Waals surface area (Å²) in [5, 5.41) is 1.06. The first-order valence-electron chi connectivity index (χ1n) is 8.64. The first kappa shape index (κ1) is 19.5. The Kier molecular flexibility index (Phi) is 6.24. The Bertz CT molecular complexity index is 837. The van der Waals surface area contributed by atoms with Crippen LogP contribution in [0.5, 0.6) is 5.75 Å². The SMILES string of the molecule is CN(Cc1cc(Cl)cc(Cl)c1)C(=O)COc1cccc(N2CCCC2=O)c1. The van der Waals surface area contributed by atoms with E-state index in [0.717, 1.165) is 17.7 Å². The smallest absolute Gasteiger partial charge is 0.260 e. The van der Waals surface area contributed by atoms with Gasteiger partial charge in [-0.25, -0.2) is 0 Å². The molecule has 0 spiro atoms. The highest BCUT2D eigenvalue weighted by Gasteiger charge is 2.22. The molecule has 0 aromatic heterocycles. The molecular weight excluding hydrogens is 387 g/mol. The van der Waals surface area contributed by atoms with E-state index in [1.54, 1.807) is 47.2 Å². The predicted molar refractivity (Wildman–Crippen MR) is 106 cm³/mol. The molecule has 1 saturated heterocycles. The Labute approximate surface area is 168 Å². The number of nitrogens with zero attached hydrogens (tertiary/aromatic N) is 2. The molecule has 7 heteroatoms. The lowest BCUT2D eigenvalue weighted by atomic mass is 10.2. The minimum Gasteiger partial charge on any atom is -0.484 e. The summed E-state index contributed by atoms with van der Waals surface area (Å²) in [6.45, 7) is 0.999. The molecular formula is C20H20Cl2N2O3. The fraction of sp³-hybridized carbons (Fsp3) is 0.300. The zero-order valence-electron chi connectivity index (χ0n) is 15.0. The van der Waals surface area contributed by atoms with Gasteiger partial charge in [0.25, 0.3) is 5.91 Å². The van der Waals surface area contributed by atoms with Gasteiger partial charge in [-0.05, 0) is 42.3 Å². The second kappa shape index (κ2) is 8.63. The molecule has 1 aliphatic heterocycles. The summed E-state index contributed by atoms with van der Waals surface area (Å²) in [5.41, 5.74) is 1.64. The lowest BCUT2D eigenvalue weighted by molar-refractivity contribution is -0.132. The van der Waals surface area contributed by atoms with Gasteiger partial charge in [0.2, 0.25) is 5.91 Å². The Balaban J connectivity index is 1.57. The van der Waals surface area contributed by atoms with Crippen LogP contribution in [0.1, 0.15) is 18.4 Å². The van der Waals surface area contributed by atoms with Crippen molar-refractivity contribution in [2.45, 2.75) is 19.4 Å². The number of hydrogen-bond donors (Lipinski definition) is 0. The molecule has 5 nitrogen and oxygen atoms in total. The van der Waals surface area contributed by atoms with Crippen LogP contribution >= 0.6 is 23.2 Å². The molecule has 0 N–H and O–H groups in total. The van der Waals surface area contributed by atoms with Crippen LogP contribution in [0.25, 0.3) is 0 Å². The van der Waals surface area contributed by atoms with Crippen molar-refractivity contribution >= 4 is 40.7 Å². The molecule has 2 aromatic carbocycles. The van der Waals surface area contributed by atoms with Crippen LogP contribution in [0, 0.1) is 0 Å². The topological polar surface area (TPSA) is 49.9 Å². The van der Waals surface area contributed by atoms with E-state index >= 15 is 0 Å². The van der Waals surface area contributed by atoms with Crippen LogP contribution < -0.4 is 9.64 Å². The summed E-state index contributed by atoms with van der Waals surface area (Å²) in [4.78, 5) is 27.5. The van der Waals surface area contributed by atoms with Gasteiger partial charge in [0.1, 0.15) is 5.75 Å². The third kappa shape index (κ3) is 5.15. The minimum absolute atomic E-state index is 0.0950. The molecule has 27 heavy (non-hydrogen) atoms. The van der Waals surface area contributed by atoms with Crippen LogP contribution in [0.15, 0.2) is 42.5 Å². The minimum atomic E-state index is -0.172. The second-order valence-electron chi connectivity index (χ2n) is 6.46. The number of rotatable bonds is 6. The van der Waals surface area contributed by atoms with E-state index < -0.39 is 0 Å². The van der Waals surface area contributed by atoms with E-state index in [4.69, 9.17) is 27.9 Å². The largest absolute Gasteiger partial charge is 0.484 e. The van der Waals surface area contributed by atoms with Gasteiger partial charge in [-0.3, -0.25) is 9.59 Å². The molecule has 0 bridgehead atoms.